The van der Waals surface area contributed by atoms with E-state index in [0.29, 0.717) is 36.5 Å². The van der Waals surface area contributed by atoms with Crippen molar-refractivity contribution in [3.8, 4) is 0 Å². The number of rotatable bonds is 4. The number of amides is 1. The van der Waals surface area contributed by atoms with E-state index >= 15 is 0 Å². The molecule has 3 atom stereocenters. The quantitative estimate of drug-likeness (QED) is 0.534. The molecule has 1 aromatic heterocycles. The van der Waals surface area contributed by atoms with Crippen molar-refractivity contribution in [1.29, 1.82) is 0 Å². The highest BCUT2D eigenvalue weighted by atomic mass is 19.4. The van der Waals surface area contributed by atoms with Crippen LogP contribution in [-0.4, -0.2) is 39.9 Å². The van der Waals surface area contributed by atoms with Gasteiger partial charge in [-0.25, -0.2) is 4.68 Å². The summed E-state index contributed by atoms with van der Waals surface area (Å²) in [4.78, 5) is 15.4. The average molecular weight is 485 g/mol. The highest BCUT2D eigenvalue weighted by molar-refractivity contribution is 5.99. The summed E-state index contributed by atoms with van der Waals surface area (Å²) in [6.45, 7) is 7.82. The van der Waals surface area contributed by atoms with E-state index < -0.39 is 17.2 Å². The second kappa shape index (κ2) is 8.00. The maximum atomic E-state index is 13.7. The Morgan fingerprint density at radius 1 is 1.20 bits per heavy atom. The van der Waals surface area contributed by atoms with Gasteiger partial charge in [0.1, 0.15) is 11.4 Å². The first-order valence-corrected chi connectivity index (χ1v) is 12.1. The predicted molar refractivity (Wildman–Crippen MR) is 129 cm³/mol. The number of benzene rings is 1. The molecule has 0 bridgehead atoms. The molecule has 5 nitrogen and oxygen atoms in total. The molecule has 1 aliphatic carbocycles. The van der Waals surface area contributed by atoms with Crippen LogP contribution >= 0.6 is 0 Å². The molecule has 3 heterocycles. The molecule has 0 spiro atoms. The number of halogens is 3. The Bertz CT molecular complexity index is 1210. The number of carbonyl (C=O) groups excluding carboxylic acids is 1. The molecule has 5 rings (SSSR count). The van der Waals surface area contributed by atoms with Gasteiger partial charge in [0.05, 0.1) is 17.8 Å². The minimum absolute atomic E-state index is 0.0268. The Morgan fingerprint density at radius 3 is 2.57 bits per heavy atom. The molecule has 186 valence electrons. The van der Waals surface area contributed by atoms with Crippen LogP contribution in [0.2, 0.25) is 0 Å². The zero-order valence-corrected chi connectivity index (χ0v) is 20.5. The third kappa shape index (κ3) is 3.87. The van der Waals surface area contributed by atoms with E-state index in [-0.39, 0.29) is 23.4 Å². The second-order valence-electron chi connectivity index (χ2n) is 10.7. The van der Waals surface area contributed by atoms with Gasteiger partial charge in [0, 0.05) is 24.1 Å². The zero-order valence-electron chi connectivity index (χ0n) is 20.5. The van der Waals surface area contributed by atoms with Gasteiger partial charge in [-0.3, -0.25) is 4.79 Å². The molecule has 3 unspecified atom stereocenters. The number of likely N-dealkylation sites (tertiary alicyclic amines) is 1. The van der Waals surface area contributed by atoms with Gasteiger partial charge >= 0.3 is 6.18 Å². The average Bonchev–Trinajstić information content (AvgIpc) is 3.15. The molecule has 3 aliphatic rings. The molecular weight excluding hydrogens is 453 g/mol. The molecule has 2 aliphatic heterocycles. The van der Waals surface area contributed by atoms with Gasteiger partial charge in [0.25, 0.3) is 5.91 Å². The van der Waals surface area contributed by atoms with Crippen molar-refractivity contribution in [2.24, 2.45) is 11.3 Å². The Balaban J connectivity index is 1.44. The molecule has 0 radical (unpaired) electrons. The normalized spacial score (nSPS) is 27.8. The first-order valence-electron chi connectivity index (χ1n) is 12.1. The van der Waals surface area contributed by atoms with Gasteiger partial charge in [-0.05, 0) is 57.6 Å². The Morgan fingerprint density at radius 2 is 1.91 bits per heavy atom. The van der Waals surface area contributed by atoms with Crippen LogP contribution < -0.4 is 5.32 Å². The summed E-state index contributed by atoms with van der Waals surface area (Å²) in [5, 5.41) is 8.06. The van der Waals surface area contributed by atoms with Crippen LogP contribution in [0.3, 0.4) is 0 Å². The summed E-state index contributed by atoms with van der Waals surface area (Å²) in [7, 11) is 0. The van der Waals surface area contributed by atoms with Crippen LogP contribution in [0, 0.1) is 11.3 Å². The van der Waals surface area contributed by atoms with Crippen molar-refractivity contribution >= 4 is 11.7 Å². The molecule has 2 fully saturated rings. The second-order valence-corrected chi connectivity index (χ2v) is 10.7. The lowest BCUT2D eigenvalue weighted by molar-refractivity contribution is -0.0925. The fourth-order valence-corrected chi connectivity index (χ4v) is 6.00. The number of hydrogen-bond donors (Lipinski definition) is 1. The van der Waals surface area contributed by atoms with E-state index in [2.05, 4.69) is 36.4 Å². The summed E-state index contributed by atoms with van der Waals surface area (Å²) >= 11 is 0. The monoisotopic (exact) mass is 484 g/mol. The number of aromatic nitrogens is 2. The van der Waals surface area contributed by atoms with E-state index in [0.717, 1.165) is 18.9 Å². The molecule has 1 saturated heterocycles. The topological polar surface area (TPSA) is 50.2 Å². The summed E-state index contributed by atoms with van der Waals surface area (Å²) < 4.78 is 42.6. The molecule has 1 N–H and O–H groups in total. The molecule has 1 aromatic carbocycles. The van der Waals surface area contributed by atoms with Crippen LogP contribution in [0.4, 0.5) is 19.0 Å². The maximum absolute atomic E-state index is 13.7. The molecule has 2 aromatic rings. The van der Waals surface area contributed by atoms with Gasteiger partial charge in [0.15, 0.2) is 0 Å². The fraction of sp³-hybridized carbons (Fsp3) is 0.481. The minimum atomic E-state index is -4.39. The standard InChI is InChI=1S/C27H31F3N4O/c1-5-9-21(17(2)27(28,29)30)26-12-19(26)15-33(16-26)24(35)20-14-31-34-23(20)32-22(13-25(34,3)4)18-10-7-6-8-11-18/h5-11,14,19,22,32H,12-13,15-16H2,1-4H3/b9-5-,21-17-. The summed E-state index contributed by atoms with van der Waals surface area (Å²) in [5.74, 6) is 0.535. The van der Waals surface area contributed by atoms with Gasteiger partial charge in [0.2, 0.25) is 0 Å². The molecule has 1 amide bonds. The highest BCUT2D eigenvalue weighted by Crippen LogP contribution is 2.64. The third-order valence-electron chi connectivity index (χ3n) is 7.92. The molecule has 8 heteroatoms. The summed E-state index contributed by atoms with van der Waals surface area (Å²) in [5.41, 5.74) is 0.432. The SMILES string of the molecule is C/C=C\C(=C(/C)C(F)(F)F)C12CC1CN(C(=O)c1cnn3c1NC(c1ccccc1)CC3(C)C)C2. The Kier molecular flexibility index (Phi) is 5.42. The zero-order chi connectivity index (χ0) is 25.2. The molecule has 1 saturated carbocycles. The highest BCUT2D eigenvalue weighted by Gasteiger charge is 2.63. The maximum Gasteiger partial charge on any atom is 0.412 e. The molecular formula is C27H31F3N4O. The van der Waals surface area contributed by atoms with E-state index in [1.54, 1.807) is 30.2 Å². The lowest BCUT2D eigenvalue weighted by atomic mass is 9.89. The fourth-order valence-electron chi connectivity index (χ4n) is 6.00. The number of anilines is 1. The largest absolute Gasteiger partial charge is 0.412 e. The summed E-state index contributed by atoms with van der Waals surface area (Å²) in [6, 6.07) is 10.1. The minimum Gasteiger partial charge on any atom is -0.363 e. The summed E-state index contributed by atoms with van der Waals surface area (Å²) in [6.07, 6.45) is 1.93. The lowest BCUT2D eigenvalue weighted by Crippen LogP contribution is -2.39. The van der Waals surface area contributed by atoms with Crippen LogP contribution in [0.25, 0.3) is 0 Å². The number of nitrogens with zero attached hydrogens (tertiary/aromatic N) is 3. The molecule has 35 heavy (non-hydrogen) atoms. The number of nitrogens with one attached hydrogen (secondary N) is 1. The number of carbonyl (C=O) groups is 1. The van der Waals surface area contributed by atoms with E-state index in [9.17, 15) is 18.0 Å². The van der Waals surface area contributed by atoms with Crippen LogP contribution in [0.5, 0.6) is 0 Å². The van der Waals surface area contributed by atoms with Crippen molar-refractivity contribution < 1.29 is 18.0 Å². The Hall–Kier alpha value is -3.03. The van der Waals surface area contributed by atoms with Crippen molar-refractivity contribution in [2.75, 3.05) is 18.4 Å². The van der Waals surface area contributed by atoms with Crippen molar-refractivity contribution in [1.82, 2.24) is 14.7 Å². The van der Waals surface area contributed by atoms with Gasteiger partial charge < -0.3 is 10.2 Å². The van der Waals surface area contributed by atoms with Gasteiger partial charge in [-0.15, -0.1) is 0 Å². The predicted octanol–water partition coefficient (Wildman–Crippen LogP) is 6.09. The third-order valence-corrected chi connectivity index (χ3v) is 7.92. The number of hydrogen-bond acceptors (Lipinski definition) is 3. The van der Waals surface area contributed by atoms with Crippen LogP contribution in [0.1, 0.15) is 62.5 Å². The number of fused-ring (bicyclic) bond motifs is 2. The van der Waals surface area contributed by atoms with Crippen molar-refractivity contribution in [2.45, 2.75) is 58.3 Å². The first-order chi connectivity index (χ1) is 16.5. The lowest BCUT2D eigenvalue weighted by Gasteiger charge is -2.38. The van der Waals surface area contributed by atoms with E-state index in [4.69, 9.17) is 0 Å². The number of piperidine rings is 1. The van der Waals surface area contributed by atoms with Crippen molar-refractivity contribution in [3.63, 3.8) is 0 Å². The van der Waals surface area contributed by atoms with Crippen LogP contribution in [0.15, 0.2) is 59.8 Å². The van der Waals surface area contributed by atoms with Gasteiger partial charge in [-0.1, -0.05) is 42.5 Å². The van der Waals surface area contributed by atoms with E-state index in [1.165, 1.54) is 0 Å². The van der Waals surface area contributed by atoms with Crippen molar-refractivity contribution in [3.05, 3.63) is 71.0 Å². The number of alkyl halides is 3. The smallest absolute Gasteiger partial charge is 0.363 e. The van der Waals surface area contributed by atoms with Gasteiger partial charge in [-0.2, -0.15) is 18.3 Å². The van der Waals surface area contributed by atoms with E-state index in [1.807, 2.05) is 22.9 Å². The first kappa shape index (κ1) is 23.7. The van der Waals surface area contributed by atoms with Crippen LogP contribution in [-0.2, 0) is 5.54 Å². The number of allylic oxidation sites excluding steroid dienone is 3. The Labute approximate surface area is 203 Å².